The molecule has 0 fully saturated rings. The Morgan fingerprint density at radius 2 is 0.907 bits per heavy atom. The first-order chi connectivity index (χ1) is 21.2. The van der Waals surface area contributed by atoms with Gasteiger partial charge in [-0.25, -0.2) is 0 Å². The number of rotatable bonds is 35. The van der Waals surface area contributed by atoms with Gasteiger partial charge in [-0.2, -0.15) is 0 Å². The molecule has 1 N–H and O–H groups in total. The molecule has 0 saturated carbocycles. The molecule has 0 aliphatic heterocycles. The van der Waals surface area contributed by atoms with E-state index in [1.165, 1.54) is 161 Å². The number of hydrogen-bond acceptors (Lipinski definition) is 4. The molecule has 0 aromatic carbocycles. The third kappa shape index (κ3) is 35.1. The van der Waals surface area contributed by atoms with E-state index in [4.69, 9.17) is 9.47 Å². The van der Waals surface area contributed by atoms with E-state index >= 15 is 0 Å². The lowest BCUT2D eigenvalue weighted by atomic mass is 10.0. The maximum absolute atomic E-state index is 12.1. The molecule has 0 aromatic heterocycles. The molecule has 0 radical (unpaired) electrons. The van der Waals surface area contributed by atoms with Crippen LogP contribution in [0.2, 0.25) is 0 Å². The quantitative estimate of drug-likeness (QED) is 0.0337. The molecule has 254 valence electrons. The molecule has 0 bridgehead atoms. The molecule has 0 aliphatic rings. The average molecular weight is 607 g/mol. The molecular formula is C39H74O4. The Morgan fingerprint density at radius 3 is 1.33 bits per heavy atom. The van der Waals surface area contributed by atoms with Gasteiger partial charge in [0.15, 0.2) is 6.10 Å². The number of carbonyl (C=O) groups excluding carboxylic acids is 1. The fourth-order valence-corrected chi connectivity index (χ4v) is 5.46. The fraction of sp³-hybridized carbons (Fsp3) is 0.872. The lowest BCUT2D eigenvalue weighted by Crippen LogP contribution is -2.26. The summed E-state index contributed by atoms with van der Waals surface area (Å²) in [6.45, 7) is 4.56. The predicted molar refractivity (Wildman–Crippen MR) is 186 cm³/mol. The molecule has 0 heterocycles. The number of aliphatic hydroxyl groups excluding tert-OH is 1. The van der Waals surface area contributed by atoms with Gasteiger partial charge in [0, 0.05) is 6.42 Å². The van der Waals surface area contributed by atoms with E-state index in [1.54, 1.807) is 6.26 Å². The molecule has 0 spiro atoms. The normalized spacial score (nSPS) is 12.4. The van der Waals surface area contributed by atoms with Crippen molar-refractivity contribution in [2.75, 3.05) is 13.2 Å². The highest BCUT2D eigenvalue weighted by Gasteiger charge is 2.13. The molecule has 0 aromatic rings. The van der Waals surface area contributed by atoms with Crippen LogP contribution in [0.1, 0.15) is 200 Å². The van der Waals surface area contributed by atoms with E-state index in [9.17, 15) is 9.90 Å². The highest BCUT2D eigenvalue weighted by atomic mass is 16.6. The zero-order valence-corrected chi connectivity index (χ0v) is 29.0. The van der Waals surface area contributed by atoms with Gasteiger partial charge in [-0.1, -0.05) is 161 Å². The van der Waals surface area contributed by atoms with Crippen LogP contribution in [0.15, 0.2) is 24.5 Å². The number of ether oxygens (including phenoxy) is 2. The number of aliphatic hydroxyl groups is 1. The van der Waals surface area contributed by atoms with Crippen molar-refractivity contribution < 1.29 is 19.4 Å². The minimum absolute atomic E-state index is 0.203. The second-order valence-corrected chi connectivity index (χ2v) is 12.7. The lowest BCUT2D eigenvalue weighted by molar-refractivity contribution is -0.153. The molecule has 4 nitrogen and oxygen atoms in total. The van der Waals surface area contributed by atoms with Gasteiger partial charge in [0.25, 0.3) is 0 Å². The van der Waals surface area contributed by atoms with Gasteiger partial charge in [0.05, 0.1) is 12.9 Å². The molecule has 0 aliphatic carbocycles. The van der Waals surface area contributed by atoms with E-state index in [0.717, 1.165) is 19.3 Å². The topological polar surface area (TPSA) is 55.8 Å². The van der Waals surface area contributed by atoms with E-state index in [0.29, 0.717) is 6.42 Å². The van der Waals surface area contributed by atoms with E-state index in [-0.39, 0.29) is 19.2 Å². The Labute approximate surface area is 268 Å². The SMILES string of the molecule is CCCCCCCC/C=C\CCCCCC/C=C\OCC(CO)OC(=O)CCCCCCCCCCCCCCCCC. The van der Waals surface area contributed by atoms with Gasteiger partial charge < -0.3 is 14.6 Å². The van der Waals surface area contributed by atoms with Gasteiger partial charge in [-0.15, -0.1) is 0 Å². The summed E-state index contributed by atoms with van der Waals surface area (Å²) in [5.41, 5.74) is 0. The van der Waals surface area contributed by atoms with Crippen molar-refractivity contribution in [3.8, 4) is 0 Å². The molecule has 0 saturated heterocycles. The highest BCUT2D eigenvalue weighted by molar-refractivity contribution is 5.69. The fourth-order valence-electron chi connectivity index (χ4n) is 5.46. The third-order valence-corrected chi connectivity index (χ3v) is 8.34. The van der Waals surface area contributed by atoms with Crippen LogP contribution >= 0.6 is 0 Å². The maximum Gasteiger partial charge on any atom is 0.306 e. The molecule has 1 atom stereocenters. The van der Waals surface area contributed by atoms with E-state index in [1.807, 2.05) is 6.08 Å². The Kier molecular flexibility index (Phi) is 35.8. The first kappa shape index (κ1) is 41.7. The van der Waals surface area contributed by atoms with Crippen molar-refractivity contribution in [1.29, 1.82) is 0 Å². The molecule has 0 amide bonds. The predicted octanol–water partition coefficient (Wildman–Crippen LogP) is 12.3. The molecule has 1 unspecified atom stereocenters. The third-order valence-electron chi connectivity index (χ3n) is 8.34. The Balaban J connectivity index is 3.48. The zero-order valence-electron chi connectivity index (χ0n) is 29.0. The van der Waals surface area contributed by atoms with Crippen molar-refractivity contribution in [3.63, 3.8) is 0 Å². The number of hydrogen-bond donors (Lipinski definition) is 1. The average Bonchev–Trinajstić information content (AvgIpc) is 3.01. The Bertz CT molecular complexity index is 600. The van der Waals surface area contributed by atoms with Crippen LogP contribution in [-0.2, 0) is 14.3 Å². The van der Waals surface area contributed by atoms with Crippen molar-refractivity contribution in [2.45, 2.75) is 206 Å². The summed E-state index contributed by atoms with van der Waals surface area (Å²) >= 11 is 0. The number of esters is 1. The van der Waals surface area contributed by atoms with Crippen LogP contribution in [0.5, 0.6) is 0 Å². The number of unbranched alkanes of at least 4 members (excludes halogenated alkanes) is 25. The van der Waals surface area contributed by atoms with Crippen LogP contribution < -0.4 is 0 Å². The Hall–Kier alpha value is -1.29. The Morgan fingerprint density at radius 1 is 0.535 bits per heavy atom. The first-order valence-corrected chi connectivity index (χ1v) is 19.0. The van der Waals surface area contributed by atoms with Gasteiger partial charge in [0.2, 0.25) is 0 Å². The van der Waals surface area contributed by atoms with Crippen molar-refractivity contribution >= 4 is 5.97 Å². The van der Waals surface area contributed by atoms with Gasteiger partial charge >= 0.3 is 5.97 Å². The highest BCUT2D eigenvalue weighted by Crippen LogP contribution is 2.14. The summed E-state index contributed by atoms with van der Waals surface area (Å²) in [5, 5.41) is 9.54. The summed E-state index contributed by atoms with van der Waals surface area (Å²) in [4.78, 5) is 12.1. The molecule has 4 heteroatoms. The van der Waals surface area contributed by atoms with Crippen LogP contribution in [0, 0.1) is 0 Å². The van der Waals surface area contributed by atoms with Crippen molar-refractivity contribution in [1.82, 2.24) is 0 Å². The molecule has 43 heavy (non-hydrogen) atoms. The van der Waals surface area contributed by atoms with Crippen LogP contribution in [0.4, 0.5) is 0 Å². The molecular weight excluding hydrogens is 532 g/mol. The maximum atomic E-state index is 12.1. The second-order valence-electron chi connectivity index (χ2n) is 12.7. The van der Waals surface area contributed by atoms with Crippen LogP contribution in [0.25, 0.3) is 0 Å². The number of carbonyl (C=O) groups is 1. The summed E-state index contributed by atoms with van der Waals surface area (Å²) < 4.78 is 10.9. The van der Waals surface area contributed by atoms with Gasteiger partial charge in [-0.3, -0.25) is 4.79 Å². The first-order valence-electron chi connectivity index (χ1n) is 19.0. The number of allylic oxidation sites excluding steroid dienone is 3. The zero-order chi connectivity index (χ0) is 31.3. The van der Waals surface area contributed by atoms with Crippen LogP contribution in [-0.4, -0.2) is 30.4 Å². The second kappa shape index (κ2) is 36.9. The summed E-state index contributed by atoms with van der Waals surface area (Å²) in [6, 6.07) is 0. The van der Waals surface area contributed by atoms with E-state index in [2.05, 4.69) is 26.0 Å². The van der Waals surface area contributed by atoms with Gasteiger partial charge in [0.1, 0.15) is 6.61 Å². The van der Waals surface area contributed by atoms with Crippen molar-refractivity contribution in [3.05, 3.63) is 24.5 Å². The lowest BCUT2D eigenvalue weighted by Gasteiger charge is -2.15. The minimum atomic E-state index is -0.581. The summed E-state index contributed by atoms with van der Waals surface area (Å²) in [5.74, 6) is -0.224. The monoisotopic (exact) mass is 607 g/mol. The van der Waals surface area contributed by atoms with Crippen LogP contribution in [0.3, 0.4) is 0 Å². The largest absolute Gasteiger partial charge is 0.498 e. The van der Waals surface area contributed by atoms with E-state index < -0.39 is 6.10 Å². The van der Waals surface area contributed by atoms with Crippen molar-refractivity contribution in [2.24, 2.45) is 0 Å². The minimum Gasteiger partial charge on any atom is -0.498 e. The summed E-state index contributed by atoms with van der Waals surface area (Å²) in [6.07, 6.45) is 44.6. The smallest absolute Gasteiger partial charge is 0.306 e. The standard InChI is InChI=1S/C39H74O4/c1-3-5-7-9-11-13-15-17-19-21-23-25-27-29-31-33-35-42-37-38(36-40)43-39(41)34-32-30-28-26-24-22-20-18-16-14-12-10-8-6-4-2/h17,19,33,35,38,40H,3-16,18,20-32,34,36-37H2,1-2H3/b19-17-,35-33-. The summed E-state index contributed by atoms with van der Waals surface area (Å²) in [7, 11) is 0. The molecule has 0 rings (SSSR count). The van der Waals surface area contributed by atoms with Gasteiger partial charge in [-0.05, 0) is 51.0 Å².